The van der Waals surface area contributed by atoms with Crippen LogP contribution in [0.2, 0.25) is 0 Å². The van der Waals surface area contributed by atoms with Crippen molar-refractivity contribution in [2.45, 2.75) is 90.5 Å². The Morgan fingerprint density at radius 3 is 2.60 bits per heavy atom. The van der Waals surface area contributed by atoms with Crippen LogP contribution in [0.5, 0.6) is 0 Å². The van der Waals surface area contributed by atoms with E-state index in [0.29, 0.717) is 0 Å². The maximum absolute atomic E-state index is 4.60. The summed E-state index contributed by atoms with van der Waals surface area (Å²) in [4.78, 5) is 4.60. The summed E-state index contributed by atoms with van der Waals surface area (Å²) in [5, 5.41) is 0. The Hall–Kier alpha value is -0.790. The van der Waals surface area contributed by atoms with Crippen LogP contribution in [0.1, 0.15) is 83.2 Å². The molecule has 2 heteroatoms. The first-order valence-corrected chi connectivity index (χ1v) is 8.89. The maximum Gasteiger partial charge on any atom is 0.0949 e. The lowest BCUT2D eigenvalue weighted by Gasteiger charge is -2.20. The summed E-state index contributed by atoms with van der Waals surface area (Å²) in [5.74, 6) is 0.904. The van der Waals surface area contributed by atoms with E-state index < -0.39 is 0 Å². The van der Waals surface area contributed by atoms with Crippen LogP contribution in [0, 0.1) is 5.92 Å². The minimum absolute atomic E-state index is 0.904. The van der Waals surface area contributed by atoms with Crippen LogP contribution in [0.15, 0.2) is 12.5 Å². The first-order valence-electron chi connectivity index (χ1n) is 8.89. The van der Waals surface area contributed by atoms with Gasteiger partial charge >= 0.3 is 0 Å². The number of hydrogen-bond acceptors (Lipinski definition) is 1. The highest BCUT2D eigenvalue weighted by Gasteiger charge is 2.14. The van der Waals surface area contributed by atoms with Gasteiger partial charge in [-0.2, -0.15) is 0 Å². The number of rotatable bonds is 9. The first-order chi connectivity index (χ1) is 9.88. The molecule has 0 N–H and O–H groups in total. The summed E-state index contributed by atoms with van der Waals surface area (Å²) < 4.78 is 2.30. The van der Waals surface area contributed by atoms with Crippen molar-refractivity contribution in [3.63, 3.8) is 0 Å². The smallest absolute Gasteiger partial charge is 0.0949 e. The van der Waals surface area contributed by atoms with Gasteiger partial charge in [0.15, 0.2) is 0 Å². The van der Waals surface area contributed by atoms with Crippen molar-refractivity contribution in [3.8, 4) is 0 Å². The predicted molar refractivity (Wildman–Crippen MR) is 85.9 cm³/mol. The molecule has 114 valence electrons. The zero-order chi connectivity index (χ0) is 14.0. The fourth-order valence-corrected chi connectivity index (χ4v) is 3.40. The first kappa shape index (κ1) is 15.6. The second-order valence-corrected chi connectivity index (χ2v) is 6.58. The Labute approximate surface area is 125 Å². The zero-order valence-corrected chi connectivity index (χ0v) is 13.3. The normalized spacial score (nSPS) is 16.6. The van der Waals surface area contributed by atoms with Crippen molar-refractivity contribution in [1.82, 2.24) is 9.55 Å². The third kappa shape index (κ3) is 5.68. The van der Waals surface area contributed by atoms with Crippen molar-refractivity contribution in [2.75, 3.05) is 0 Å². The number of imidazole rings is 1. The fraction of sp³-hybridized carbons (Fsp3) is 0.833. The lowest BCUT2D eigenvalue weighted by Crippen LogP contribution is -2.09. The van der Waals surface area contributed by atoms with Crippen LogP contribution in [-0.4, -0.2) is 9.55 Å². The third-order valence-corrected chi connectivity index (χ3v) is 4.68. The van der Waals surface area contributed by atoms with Crippen LogP contribution >= 0.6 is 0 Å². The van der Waals surface area contributed by atoms with Gasteiger partial charge < -0.3 is 4.57 Å². The molecule has 0 saturated heterocycles. The Morgan fingerprint density at radius 2 is 1.80 bits per heavy atom. The molecule has 1 aliphatic rings. The number of aryl methyl sites for hydroxylation is 1. The van der Waals surface area contributed by atoms with Crippen LogP contribution in [0.25, 0.3) is 0 Å². The van der Waals surface area contributed by atoms with Gasteiger partial charge in [0, 0.05) is 12.7 Å². The van der Waals surface area contributed by atoms with E-state index in [9.17, 15) is 0 Å². The van der Waals surface area contributed by atoms with Gasteiger partial charge in [0.05, 0.1) is 12.0 Å². The van der Waals surface area contributed by atoms with E-state index >= 15 is 0 Å². The number of aromatic nitrogens is 2. The predicted octanol–water partition coefficient (Wildman–Crippen LogP) is 5.37. The molecular formula is C18H32N2. The summed E-state index contributed by atoms with van der Waals surface area (Å²) in [6.45, 7) is 3.43. The summed E-state index contributed by atoms with van der Waals surface area (Å²) >= 11 is 0. The molecule has 0 radical (unpaired) electrons. The molecule has 1 heterocycles. The highest BCUT2D eigenvalue weighted by Crippen LogP contribution is 2.26. The molecule has 0 aromatic carbocycles. The average Bonchev–Trinajstić information content (AvgIpc) is 2.91. The van der Waals surface area contributed by atoms with Gasteiger partial charge in [0.25, 0.3) is 0 Å². The lowest BCUT2D eigenvalue weighted by molar-refractivity contribution is 0.354. The SMILES string of the molecule is CCCCCCCCn1cnc(CC2CCCCC2)c1. The van der Waals surface area contributed by atoms with Crippen LogP contribution < -0.4 is 0 Å². The standard InChI is InChI=1S/C18H32N2/c1-2-3-4-5-6-10-13-20-15-18(19-16-20)14-17-11-8-7-9-12-17/h15-17H,2-14H2,1H3. The van der Waals surface area contributed by atoms with Crippen molar-refractivity contribution >= 4 is 0 Å². The molecule has 0 atom stereocenters. The van der Waals surface area contributed by atoms with Crippen LogP contribution in [0.4, 0.5) is 0 Å². The van der Waals surface area contributed by atoms with Crippen molar-refractivity contribution in [3.05, 3.63) is 18.2 Å². The molecule has 2 rings (SSSR count). The Bertz CT molecular complexity index is 350. The van der Waals surface area contributed by atoms with E-state index in [1.54, 1.807) is 0 Å². The highest BCUT2D eigenvalue weighted by atomic mass is 15.0. The molecule has 1 aromatic rings. The summed E-state index contributed by atoms with van der Waals surface area (Å²) in [6, 6.07) is 0. The van der Waals surface area contributed by atoms with Gasteiger partial charge in [-0.1, -0.05) is 71.1 Å². The number of nitrogens with zero attached hydrogens (tertiary/aromatic N) is 2. The van der Waals surface area contributed by atoms with Crippen LogP contribution in [0.3, 0.4) is 0 Å². The van der Waals surface area contributed by atoms with Gasteiger partial charge in [-0.15, -0.1) is 0 Å². The minimum atomic E-state index is 0.904. The molecule has 1 saturated carbocycles. The van der Waals surface area contributed by atoms with E-state index in [4.69, 9.17) is 0 Å². The Morgan fingerprint density at radius 1 is 1.05 bits per heavy atom. The van der Waals surface area contributed by atoms with E-state index in [0.717, 1.165) is 12.5 Å². The fourth-order valence-electron chi connectivity index (χ4n) is 3.40. The maximum atomic E-state index is 4.60. The van der Waals surface area contributed by atoms with E-state index in [1.807, 2.05) is 6.33 Å². The molecule has 2 nitrogen and oxygen atoms in total. The van der Waals surface area contributed by atoms with Gasteiger partial charge in [-0.25, -0.2) is 4.98 Å². The second kappa shape index (κ2) is 9.20. The van der Waals surface area contributed by atoms with Gasteiger partial charge in [-0.05, 0) is 18.8 Å². The molecule has 1 fully saturated rings. The van der Waals surface area contributed by atoms with Crippen LogP contribution in [-0.2, 0) is 13.0 Å². The quantitative estimate of drug-likeness (QED) is 0.555. The van der Waals surface area contributed by atoms with E-state index in [-0.39, 0.29) is 0 Å². The minimum Gasteiger partial charge on any atom is -0.337 e. The molecule has 0 unspecified atom stereocenters. The van der Waals surface area contributed by atoms with Crippen molar-refractivity contribution in [2.24, 2.45) is 5.92 Å². The number of unbranched alkanes of at least 4 members (excludes halogenated alkanes) is 5. The molecule has 0 amide bonds. The third-order valence-electron chi connectivity index (χ3n) is 4.68. The Kier molecular flexibility index (Phi) is 7.18. The molecule has 0 aliphatic heterocycles. The lowest BCUT2D eigenvalue weighted by atomic mass is 9.86. The summed E-state index contributed by atoms with van der Waals surface area (Å²) in [7, 11) is 0. The van der Waals surface area contributed by atoms with Crippen molar-refractivity contribution in [1.29, 1.82) is 0 Å². The van der Waals surface area contributed by atoms with E-state index in [2.05, 4.69) is 22.7 Å². The second-order valence-electron chi connectivity index (χ2n) is 6.58. The molecule has 20 heavy (non-hydrogen) atoms. The average molecular weight is 276 g/mol. The van der Waals surface area contributed by atoms with Gasteiger partial charge in [-0.3, -0.25) is 0 Å². The van der Waals surface area contributed by atoms with Crippen molar-refractivity contribution < 1.29 is 0 Å². The molecule has 0 bridgehead atoms. The highest BCUT2D eigenvalue weighted by molar-refractivity contribution is 4.98. The summed E-state index contributed by atoms with van der Waals surface area (Å²) in [5.41, 5.74) is 1.32. The van der Waals surface area contributed by atoms with E-state index in [1.165, 1.54) is 82.7 Å². The molecule has 1 aromatic heterocycles. The number of hydrogen-bond donors (Lipinski definition) is 0. The van der Waals surface area contributed by atoms with Gasteiger partial charge in [0.2, 0.25) is 0 Å². The van der Waals surface area contributed by atoms with Gasteiger partial charge in [0.1, 0.15) is 0 Å². The molecule has 1 aliphatic carbocycles. The topological polar surface area (TPSA) is 17.8 Å². The largest absolute Gasteiger partial charge is 0.337 e. The monoisotopic (exact) mass is 276 g/mol. The molecular weight excluding hydrogens is 244 g/mol. The Balaban J connectivity index is 1.61. The zero-order valence-electron chi connectivity index (χ0n) is 13.3. The summed E-state index contributed by atoms with van der Waals surface area (Å²) in [6.07, 6.45) is 20.9. The molecule has 0 spiro atoms.